The summed E-state index contributed by atoms with van der Waals surface area (Å²) in [7, 11) is 1.75. The number of esters is 1. The first-order valence-electron chi connectivity index (χ1n) is 9.39. The highest BCUT2D eigenvalue weighted by Gasteiger charge is 2.58. The van der Waals surface area contributed by atoms with E-state index < -0.39 is 0 Å². The lowest BCUT2D eigenvalue weighted by atomic mass is 9.55. The summed E-state index contributed by atoms with van der Waals surface area (Å²) in [6.45, 7) is 4.06. The Labute approximate surface area is 144 Å². The molecule has 130 valence electrons. The predicted octanol–water partition coefficient (Wildman–Crippen LogP) is 4.46. The van der Waals surface area contributed by atoms with Gasteiger partial charge in [-0.2, -0.15) is 0 Å². The van der Waals surface area contributed by atoms with Crippen LogP contribution in [-0.4, -0.2) is 24.0 Å². The Morgan fingerprint density at radius 2 is 2.04 bits per heavy atom. The normalized spacial score (nSPS) is 37.1. The minimum atomic E-state index is 0.130. The molecule has 0 spiro atoms. The number of rotatable bonds is 2. The predicted molar refractivity (Wildman–Crippen MR) is 95.1 cm³/mol. The molecule has 3 aliphatic carbocycles. The van der Waals surface area contributed by atoms with Crippen LogP contribution in [0, 0.1) is 17.3 Å². The summed E-state index contributed by atoms with van der Waals surface area (Å²) in [6, 6.07) is 6.67. The van der Waals surface area contributed by atoms with E-state index in [9.17, 15) is 4.79 Å². The first-order valence-corrected chi connectivity index (χ1v) is 9.39. The van der Waals surface area contributed by atoms with Crippen molar-refractivity contribution in [2.24, 2.45) is 17.3 Å². The molecule has 0 radical (unpaired) electrons. The molecule has 0 amide bonds. The van der Waals surface area contributed by atoms with Gasteiger partial charge in [0.1, 0.15) is 5.75 Å². The summed E-state index contributed by atoms with van der Waals surface area (Å²) in [5.41, 5.74) is 3.27. The van der Waals surface area contributed by atoms with Gasteiger partial charge in [-0.1, -0.05) is 13.0 Å². The summed E-state index contributed by atoms with van der Waals surface area (Å²) in [4.78, 5) is 9.61. The van der Waals surface area contributed by atoms with Gasteiger partial charge >= 0.3 is 5.97 Å². The second-order valence-corrected chi connectivity index (χ2v) is 8.23. The maximum atomic E-state index is 9.61. The van der Waals surface area contributed by atoms with E-state index >= 15 is 0 Å². The lowest BCUT2D eigenvalue weighted by Crippen LogP contribution is -2.45. The molecule has 0 heterocycles. The molecule has 0 saturated heterocycles. The van der Waals surface area contributed by atoms with Crippen molar-refractivity contribution in [3.05, 3.63) is 29.3 Å². The zero-order valence-electron chi connectivity index (χ0n) is 15.0. The third-order valence-corrected chi connectivity index (χ3v) is 7.16. The third-order valence-electron chi connectivity index (χ3n) is 7.16. The highest BCUT2D eigenvalue weighted by molar-refractivity contribution is 5.67. The van der Waals surface area contributed by atoms with Crippen LogP contribution >= 0.6 is 0 Å². The number of hydrogen-bond acceptors (Lipinski definition) is 2. The molecule has 1 aromatic rings. The van der Waals surface area contributed by atoms with E-state index in [-0.39, 0.29) is 17.5 Å². The Hall–Kier alpha value is -1.51. The van der Waals surface area contributed by atoms with Crippen LogP contribution in [0.25, 0.3) is 0 Å². The summed E-state index contributed by atoms with van der Waals surface area (Å²) in [5.74, 6) is 3.28. The Morgan fingerprint density at radius 1 is 1.21 bits per heavy atom. The average molecular weight is 329 g/mol. The van der Waals surface area contributed by atoms with Crippen molar-refractivity contribution in [2.75, 3.05) is 7.11 Å². The van der Waals surface area contributed by atoms with Crippen molar-refractivity contribution < 1.29 is 14.3 Å². The lowest BCUT2D eigenvalue weighted by Gasteiger charge is -2.49. The fourth-order valence-electron chi connectivity index (χ4n) is 6.04. The van der Waals surface area contributed by atoms with Gasteiger partial charge in [-0.15, -0.1) is 0 Å². The molecule has 3 heteroatoms. The fourth-order valence-corrected chi connectivity index (χ4v) is 6.04. The number of methoxy groups -OCH3 is 1. The third kappa shape index (κ3) is 2.35. The maximum absolute atomic E-state index is 9.61. The topological polar surface area (TPSA) is 39.9 Å². The molecule has 0 aromatic heterocycles. The number of hydrogen-bond donors (Lipinski definition) is 0. The van der Waals surface area contributed by atoms with Crippen LogP contribution in [0.3, 0.4) is 0 Å². The van der Waals surface area contributed by atoms with E-state index in [1.54, 1.807) is 19.6 Å². The molecule has 2 fully saturated rings. The standard InChI is InChI=1S/C21H28O3/c1-13(22)24-20-9-8-19-18-6-4-14-12-15(23-3)5-7-16(14)17(18)10-11-21(19,20)2/h5,7,12,17-20H,4,6,8-11H2,1-3H3/p+1. The molecule has 0 aliphatic heterocycles. The summed E-state index contributed by atoms with van der Waals surface area (Å²) in [6.07, 6.45) is 7.38. The van der Waals surface area contributed by atoms with E-state index in [1.807, 2.05) is 0 Å². The van der Waals surface area contributed by atoms with Crippen molar-refractivity contribution in [3.8, 4) is 5.75 Å². The first-order chi connectivity index (χ1) is 11.5. The van der Waals surface area contributed by atoms with E-state index in [2.05, 4.69) is 25.1 Å². The van der Waals surface area contributed by atoms with E-state index in [4.69, 9.17) is 9.47 Å². The number of benzene rings is 1. The Morgan fingerprint density at radius 3 is 2.79 bits per heavy atom. The number of fused-ring (bicyclic) bond motifs is 5. The van der Waals surface area contributed by atoms with Crippen LogP contribution in [0.15, 0.2) is 18.2 Å². The highest BCUT2D eigenvalue weighted by Crippen LogP contribution is 2.61. The minimum absolute atomic E-state index is 0.130. The maximum Gasteiger partial charge on any atom is 0.479 e. The average Bonchev–Trinajstić information content (AvgIpc) is 2.90. The number of ether oxygens (including phenoxy) is 2. The first kappa shape index (κ1) is 16.0. The van der Waals surface area contributed by atoms with E-state index in [1.165, 1.54) is 31.2 Å². The zero-order valence-corrected chi connectivity index (χ0v) is 15.0. The second kappa shape index (κ2) is 5.79. The van der Waals surface area contributed by atoms with E-state index in [0.29, 0.717) is 5.92 Å². The van der Waals surface area contributed by atoms with Gasteiger partial charge in [-0.05, 0) is 73.1 Å². The van der Waals surface area contributed by atoms with Crippen molar-refractivity contribution in [1.82, 2.24) is 0 Å². The van der Waals surface area contributed by atoms with Gasteiger partial charge in [0.25, 0.3) is 0 Å². The van der Waals surface area contributed by atoms with Crippen molar-refractivity contribution in [2.45, 2.75) is 64.4 Å². The Balaban J connectivity index is 1.62. The van der Waals surface area contributed by atoms with Crippen LogP contribution in [-0.2, 0) is 11.2 Å². The van der Waals surface area contributed by atoms with Gasteiger partial charge in [0.2, 0.25) is 0 Å². The smallest absolute Gasteiger partial charge is 0.479 e. The molecule has 0 bridgehead atoms. The van der Waals surface area contributed by atoms with Crippen LogP contribution in [0.2, 0.25) is 0 Å². The number of carbonyl (C=O) groups excluding carboxylic acids is 1. The Kier molecular flexibility index (Phi) is 3.85. The molecule has 2 saturated carbocycles. The van der Waals surface area contributed by atoms with Crippen molar-refractivity contribution >= 4 is 5.97 Å². The molecule has 5 atom stereocenters. The SMILES string of the molecule is COc1ccc2c(c1)CCC1C2CCC2(C)C(OC(C)=[OH+])CCC12. The molecule has 3 aliphatic rings. The molecule has 3 nitrogen and oxygen atoms in total. The van der Waals surface area contributed by atoms with Gasteiger partial charge in [-0.25, -0.2) is 0 Å². The van der Waals surface area contributed by atoms with Crippen molar-refractivity contribution in [3.63, 3.8) is 0 Å². The van der Waals surface area contributed by atoms with Gasteiger partial charge in [0, 0.05) is 11.8 Å². The van der Waals surface area contributed by atoms with Crippen molar-refractivity contribution in [1.29, 1.82) is 0 Å². The monoisotopic (exact) mass is 329 g/mol. The van der Waals surface area contributed by atoms with Gasteiger partial charge in [0.05, 0.1) is 14.0 Å². The van der Waals surface area contributed by atoms with Gasteiger partial charge in [0.15, 0.2) is 6.10 Å². The summed E-state index contributed by atoms with van der Waals surface area (Å²) >= 11 is 0. The van der Waals surface area contributed by atoms with Crippen LogP contribution in [0.1, 0.15) is 63.0 Å². The summed E-state index contributed by atoms with van der Waals surface area (Å²) < 4.78 is 11.2. The van der Waals surface area contributed by atoms with E-state index in [0.717, 1.165) is 30.4 Å². The molecular formula is C21H29O3+. The lowest BCUT2D eigenvalue weighted by molar-refractivity contribution is -0.0199. The second-order valence-electron chi connectivity index (χ2n) is 8.23. The zero-order chi connectivity index (χ0) is 16.9. The van der Waals surface area contributed by atoms with Crippen LogP contribution in [0.5, 0.6) is 5.75 Å². The number of aryl methyl sites for hydroxylation is 1. The summed E-state index contributed by atoms with van der Waals surface area (Å²) in [5, 5.41) is 0. The Bertz CT molecular complexity index is 652. The quantitative estimate of drug-likeness (QED) is 0.594. The minimum Gasteiger partial charge on any atom is -0.497 e. The molecule has 24 heavy (non-hydrogen) atoms. The highest BCUT2D eigenvalue weighted by atomic mass is 16.5. The van der Waals surface area contributed by atoms with Gasteiger partial charge in [-0.3, -0.25) is 0 Å². The largest absolute Gasteiger partial charge is 0.497 e. The van der Waals surface area contributed by atoms with Crippen LogP contribution < -0.4 is 4.74 Å². The molecular weight excluding hydrogens is 300 g/mol. The molecule has 5 unspecified atom stereocenters. The van der Waals surface area contributed by atoms with Gasteiger partial charge < -0.3 is 14.3 Å². The molecule has 1 N–H and O–H groups in total. The fraction of sp³-hybridized carbons (Fsp3) is 0.667. The van der Waals surface area contributed by atoms with Crippen LogP contribution in [0.4, 0.5) is 0 Å². The molecule has 1 aromatic carbocycles. The molecule has 4 rings (SSSR count).